The molecular weight excluding hydrogens is 416 g/mol. The molecule has 1 amide bonds. The number of hydrogen-bond acceptors (Lipinski definition) is 5. The fourth-order valence-corrected chi connectivity index (χ4v) is 3.36. The van der Waals surface area contributed by atoms with Gasteiger partial charge in [0, 0.05) is 16.8 Å². The van der Waals surface area contributed by atoms with Crippen molar-refractivity contribution in [1.29, 1.82) is 0 Å². The number of aryl methyl sites for hydroxylation is 1. The number of aromatic nitrogens is 3. The van der Waals surface area contributed by atoms with Crippen LogP contribution < -0.4 is 14.8 Å². The molecule has 0 spiro atoms. The highest BCUT2D eigenvalue weighted by Crippen LogP contribution is 2.27. The Hall–Kier alpha value is -4.13. The highest BCUT2D eigenvalue weighted by atomic mass is 16.5. The van der Waals surface area contributed by atoms with Crippen molar-refractivity contribution in [3.8, 4) is 28.8 Å². The maximum atomic E-state index is 12.6. The molecule has 1 heterocycles. The normalized spacial score (nSPS) is 10.8. The predicted molar refractivity (Wildman–Crippen MR) is 128 cm³/mol. The number of ether oxygens (including phenoxy) is 2. The molecule has 4 aromatic rings. The van der Waals surface area contributed by atoms with E-state index in [9.17, 15) is 4.79 Å². The van der Waals surface area contributed by atoms with Crippen LogP contribution in [-0.2, 0) is 0 Å². The van der Waals surface area contributed by atoms with E-state index in [2.05, 4.69) is 15.4 Å². The van der Waals surface area contributed by atoms with Gasteiger partial charge in [-0.05, 0) is 74.9 Å². The van der Waals surface area contributed by atoms with Crippen LogP contribution in [0.15, 0.2) is 72.8 Å². The first-order valence-corrected chi connectivity index (χ1v) is 10.7. The lowest BCUT2D eigenvalue weighted by Crippen LogP contribution is -2.11. The fraction of sp³-hybridized carbons (Fsp3) is 0.192. The van der Waals surface area contributed by atoms with Crippen molar-refractivity contribution in [3.05, 3.63) is 83.9 Å². The number of nitrogens with one attached hydrogen (secondary N) is 1. The molecule has 0 unspecified atom stereocenters. The van der Waals surface area contributed by atoms with E-state index >= 15 is 0 Å². The second-order valence-corrected chi connectivity index (χ2v) is 7.84. The zero-order chi connectivity index (χ0) is 23.4. The number of amides is 1. The van der Waals surface area contributed by atoms with E-state index in [-0.39, 0.29) is 12.0 Å². The minimum absolute atomic E-state index is 0.0406. The van der Waals surface area contributed by atoms with E-state index in [4.69, 9.17) is 9.47 Å². The molecule has 0 saturated heterocycles. The number of rotatable bonds is 7. The molecule has 0 radical (unpaired) electrons. The van der Waals surface area contributed by atoms with Crippen LogP contribution in [0.4, 0.5) is 5.69 Å². The Labute approximate surface area is 193 Å². The minimum atomic E-state index is -0.195. The smallest absolute Gasteiger partial charge is 0.336 e. The van der Waals surface area contributed by atoms with Crippen LogP contribution in [0.3, 0.4) is 0 Å². The van der Waals surface area contributed by atoms with E-state index in [0.29, 0.717) is 28.8 Å². The van der Waals surface area contributed by atoms with Crippen molar-refractivity contribution in [2.75, 3.05) is 12.4 Å². The average molecular weight is 443 g/mol. The molecule has 33 heavy (non-hydrogen) atoms. The summed E-state index contributed by atoms with van der Waals surface area (Å²) in [6.45, 7) is 5.91. The number of anilines is 1. The molecule has 3 aromatic carbocycles. The molecule has 4 rings (SSSR count). The van der Waals surface area contributed by atoms with Crippen LogP contribution in [-0.4, -0.2) is 33.9 Å². The number of carbonyl (C=O) groups excluding carboxylic acids is 1. The minimum Gasteiger partial charge on any atom is -0.497 e. The summed E-state index contributed by atoms with van der Waals surface area (Å²) in [5, 5.41) is 7.49. The van der Waals surface area contributed by atoms with Crippen molar-refractivity contribution < 1.29 is 14.3 Å². The molecule has 0 aliphatic carbocycles. The van der Waals surface area contributed by atoms with E-state index in [1.165, 1.54) is 0 Å². The molecular formula is C26H26N4O3. The van der Waals surface area contributed by atoms with Crippen LogP contribution in [0.5, 0.6) is 11.8 Å². The Bertz CT molecular complexity index is 1250. The highest BCUT2D eigenvalue weighted by Gasteiger charge is 2.17. The predicted octanol–water partition coefficient (Wildman–Crippen LogP) is 5.29. The largest absolute Gasteiger partial charge is 0.497 e. The van der Waals surface area contributed by atoms with Gasteiger partial charge >= 0.3 is 6.01 Å². The monoisotopic (exact) mass is 442 g/mol. The summed E-state index contributed by atoms with van der Waals surface area (Å²) in [7, 11) is 1.59. The molecule has 0 aliphatic rings. The van der Waals surface area contributed by atoms with E-state index in [1.54, 1.807) is 36.1 Å². The molecule has 0 saturated carbocycles. The third kappa shape index (κ3) is 5.03. The number of nitrogens with zero attached hydrogens (tertiary/aromatic N) is 3. The molecule has 1 aromatic heterocycles. The summed E-state index contributed by atoms with van der Waals surface area (Å²) < 4.78 is 12.7. The number of benzene rings is 3. The lowest BCUT2D eigenvalue weighted by molar-refractivity contribution is 0.102. The lowest BCUT2D eigenvalue weighted by atomic mass is 10.1. The van der Waals surface area contributed by atoms with Crippen molar-refractivity contribution in [2.24, 2.45) is 0 Å². The first-order chi connectivity index (χ1) is 15.9. The van der Waals surface area contributed by atoms with Gasteiger partial charge in [-0.3, -0.25) is 4.79 Å². The van der Waals surface area contributed by atoms with E-state index in [1.807, 2.05) is 69.3 Å². The zero-order valence-corrected chi connectivity index (χ0v) is 19.1. The third-order valence-electron chi connectivity index (χ3n) is 5.04. The van der Waals surface area contributed by atoms with Gasteiger partial charge in [0.2, 0.25) is 0 Å². The average Bonchev–Trinajstić information content (AvgIpc) is 3.22. The van der Waals surface area contributed by atoms with Gasteiger partial charge in [-0.2, -0.15) is 4.98 Å². The fourth-order valence-electron chi connectivity index (χ4n) is 3.36. The third-order valence-corrected chi connectivity index (χ3v) is 5.04. The van der Waals surface area contributed by atoms with Crippen LogP contribution in [0.1, 0.15) is 29.8 Å². The summed E-state index contributed by atoms with van der Waals surface area (Å²) >= 11 is 0. The second-order valence-electron chi connectivity index (χ2n) is 7.84. The van der Waals surface area contributed by atoms with Gasteiger partial charge in [-0.25, -0.2) is 4.68 Å². The number of carbonyl (C=O) groups is 1. The van der Waals surface area contributed by atoms with Crippen molar-refractivity contribution in [3.63, 3.8) is 0 Å². The second kappa shape index (κ2) is 9.56. The van der Waals surface area contributed by atoms with Crippen LogP contribution in [0, 0.1) is 6.92 Å². The van der Waals surface area contributed by atoms with Gasteiger partial charge in [0.05, 0.1) is 18.9 Å². The van der Waals surface area contributed by atoms with Crippen molar-refractivity contribution in [1.82, 2.24) is 14.8 Å². The Morgan fingerprint density at radius 2 is 1.67 bits per heavy atom. The molecule has 7 nitrogen and oxygen atoms in total. The number of methoxy groups -OCH3 is 1. The van der Waals surface area contributed by atoms with Crippen molar-refractivity contribution in [2.45, 2.75) is 26.9 Å². The summed E-state index contributed by atoms with van der Waals surface area (Å²) in [5.74, 6) is 1.20. The molecule has 0 bridgehead atoms. The van der Waals surface area contributed by atoms with Gasteiger partial charge in [0.15, 0.2) is 5.82 Å². The summed E-state index contributed by atoms with van der Waals surface area (Å²) in [5.41, 5.74) is 4.09. The highest BCUT2D eigenvalue weighted by molar-refractivity contribution is 6.04. The Morgan fingerprint density at radius 1 is 0.970 bits per heavy atom. The topological polar surface area (TPSA) is 78.3 Å². The van der Waals surface area contributed by atoms with Gasteiger partial charge < -0.3 is 14.8 Å². The van der Waals surface area contributed by atoms with Crippen LogP contribution >= 0.6 is 0 Å². The zero-order valence-electron chi connectivity index (χ0n) is 19.1. The van der Waals surface area contributed by atoms with Crippen molar-refractivity contribution >= 4 is 11.6 Å². The number of hydrogen-bond donors (Lipinski definition) is 1. The first-order valence-electron chi connectivity index (χ1n) is 10.7. The maximum Gasteiger partial charge on any atom is 0.336 e. The molecule has 1 N–H and O–H groups in total. The van der Waals surface area contributed by atoms with Gasteiger partial charge in [0.1, 0.15) is 5.75 Å². The summed E-state index contributed by atoms with van der Waals surface area (Å²) in [6, 6.07) is 22.7. The first kappa shape index (κ1) is 22.1. The Balaban J connectivity index is 1.61. The van der Waals surface area contributed by atoms with E-state index < -0.39 is 0 Å². The van der Waals surface area contributed by atoms with Gasteiger partial charge in [-0.1, -0.05) is 24.3 Å². The summed E-state index contributed by atoms with van der Waals surface area (Å²) in [4.78, 5) is 17.2. The van der Waals surface area contributed by atoms with Gasteiger partial charge in [0.25, 0.3) is 5.91 Å². The van der Waals surface area contributed by atoms with Crippen LogP contribution in [0.25, 0.3) is 17.1 Å². The quantitative estimate of drug-likeness (QED) is 0.421. The van der Waals surface area contributed by atoms with E-state index in [0.717, 1.165) is 16.8 Å². The maximum absolute atomic E-state index is 12.6. The Morgan fingerprint density at radius 3 is 2.30 bits per heavy atom. The molecule has 0 fully saturated rings. The molecule has 168 valence electrons. The SMILES string of the molecule is COc1ccc(C(=O)Nc2ccc(-n3nc(OC(C)C)nc3-c3ccccc3C)cc2)cc1. The summed E-state index contributed by atoms with van der Waals surface area (Å²) in [6.07, 6.45) is -0.0406. The standard InChI is InChI=1S/C26H26N4O3/c1-17(2)33-26-28-24(23-8-6-5-7-18(23)3)30(29-26)21-13-11-20(12-14-21)27-25(31)19-9-15-22(32-4)16-10-19/h5-17H,1-4H3,(H,27,31). The van der Waals surface area contributed by atoms with Gasteiger partial charge in [-0.15, -0.1) is 5.10 Å². The Kier molecular flexibility index (Phi) is 6.40. The lowest BCUT2D eigenvalue weighted by Gasteiger charge is -2.10. The molecule has 0 aliphatic heterocycles. The molecule has 7 heteroatoms. The van der Waals surface area contributed by atoms with Crippen LogP contribution in [0.2, 0.25) is 0 Å². The molecule has 0 atom stereocenters.